The summed E-state index contributed by atoms with van der Waals surface area (Å²) in [6.45, 7) is 11.4. The summed E-state index contributed by atoms with van der Waals surface area (Å²) >= 11 is 33.8. The molecule has 22 heteroatoms. The van der Waals surface area contributed by atoms with Crippen LogP contribution in [0.25, 0.3) is 22.3 Å². The molecule has 0 amide bonds. The van der Waals surface area contributed by atoms with E-state index in [1.165, 1.54) is 16.1 Å². The quantitative estimate of drug-likeness (QED) is 0.0883. The van der Waals surface area contributed by atoms with E-state index in [-0.39, 0.29) is 17.3 Å². The molecule has 3 N–H and O–H groups in total. The van der Waals surface area contributed by atoms with E-state index in [4.69, 9.17) is 60.7 Å². The first-order valence-electron chi connectivity index (χ1n) is 24.2. The van der Waals surface area contributed by atoms with Crippen molar-refractivity contribution in [3.63, 3.8) is 0 Å². The average Bonchev–Trinajstić information content (AvgIpc) is 4.18. The third kappa shape index (κ3) is 15.2. The van der Waals surface area contributed by atoms with Crippen molar-refractivity contribution in [3.8, 4) is 11.3 Å². The average molecular weight is 1340 g/mol. The van der Waals surface area contributed by atoms with Crippen LogP contribution in [0.2, 0.25) is 20.1 Å². The van der Waals surface area contributed by atoms with Crippen LogP contribution >= 0.6 is 94.2 Å². The van der Waals surface area contributed by atoms with Gasteiger partial charge in [0.2, 0.25) is 0 Å². The Kier molecular flexibility index (Phi) is 19.7. The van der Waals surface area contributed by atoms with Crippen molar-refractivity contribution < 1.29 is 17.7 Å². The van der Waals surface area contributed by atoms with Crippen LogP contribution in [-0.2, 0) is 32.4 Å². The largest absolute Gasteiger partial charge is 0.467 e. The highest BCUT2D eigenvalue weighted by Gasteiger charge is 2.57. The Morgan fingerprint density at radius 2 is 1.17 bits per heavy atom. The van der Waals surface area contributed by atoms with Crippen LogP contribution in [0.1, 0.15) is 55.8 Å². The number of nitrogens with zero attached hydrogens (tertiary/aromatic N) is 6. The fourth-order valence-electron chi connectivity index (χ4n) is 7.98. The molecule has 0 bridgehead atoms. The SMILES string of the molecule is Brc1cccc(Br)n1.Cc1ccc(S(=O)(=O)N2CC(B3OC(C)(C)C(C)(C)O3)c3cc(Cl)cnc32)cc1.Clc1ccc(CNc2cccc(-c3c[nH]c4ncc(Cl)cc34)n2)cc1.Clc1ccc(CNc2cccc(Br)n2)cc1. The molecule has 2 aliphatic rings. The zero-order valence-corrected chi connectivity index (χ0v) is 51.3. The summed E-state index contributed by atoms with van der Waals surface area (Å²) in [5, 5.41) is 10.1. The van der Waals surface area contributed by atoms with Crippen LogP contribution in [0.3, 0.4) is 0 Å². The fourth-order valence-corrected chi connectivity index (χ4v) is 11.3. The Morgan fingerprint density at radius 1 is 0.654 bits per heavy atom. The van der Waals surface area contributed by atoms with Crippen LogP contribution in [0.5, 0.6) is 0 Å². The van der Waals surface area contributed by atoms with Gasteiger partial charge in [-0.1, -0.05) is 107 Å². The second-order valence-electron chi connectivity index (χ2n) is 18.9. The van der Waals surface area contributed by atoms with E-state index < -0.39 is 28.3 Å². The molecular formula is C56H51BBr3Cl4N9O4S. The molecule has 13 nitrogen and oxygen atoms in total. The summed E-state index contributed by atoms with van der Waals surface area (Å²) in [7, 11) is -4.38. The lowest BCUT2D eigenvalue weighted by Gasteiger charge is -2.32. The summed E-state index contributed by atoms with van der Waals surface area (Å²) < 4.78 is 43.1. The topological polar surface area (TPSA) is 160 Å². The maximum Gasteiger partial charge on any atom is 0.467 e. The molecule has 1 saturated heterocycles. The van der Waals surface area contributed by atoms with Crippen molar-refractivity contribution in [1.29, 1.82) is 0 Å². The van der Waals surface area contributed by atoms with Gasteiger partial charge in [0.1, 0.15) is 36.9 Å². The van der Waals surface area contributed by atoms with Gasteiger partial charge < -0.3 is 24.9 Å². The highest BCUT2D eigenvalue weighted by molar-refractivity contribution is 9.11. The first-order valence-corrected chi connectivity index (χ1v) is 29.5. The van der Waals surface area contributed by atoms with E-state index in [0.717, 1.165) is 75.5 Å². The lowest BCUT2D eigenvalue weighted by molar-refractivity contribution is 0.00578. The number of halogens is 7. The number of anilines is 3. The first-order chi connectivity index (χ1) is 37.1. The summed E-state index contributed by atoms with van der Waals surface area (Å²) in [5.74, 6) is 1.69. The Balaban J connectivity index is 0.000000148. The molecule has 1 atom stereocenters. The Bertz CT molecular complexity index is 3590. The van der Waals surface area contributed by atoms with Gasteiger partial charge in [-0.3, -0.25) is 0 Å². The number of aromatic nitrogens is 6. The highest BCUT2D eigenvalue weighted by Crippen LogP contribution is 2.47. The molecule has 0 aliphatic carbocycles. The molecule has 78 heavy (non-hydrogen) atoms. The summed E-state index contributed by atoms with van der Waals surface area (Å²) in [4.78, 5) is 25.0. The zero-order valence-electron chi connectivity index (χ0n) is 42.7. The number of rotatable bonds is 10. The predicted octanol–water partition coefficient (Wildman–Crippen LogP) is 16.2. The molecule has 0 saturated carbocycles. The first kappa shape index (κ1) is 59.0. The normalized spacial score (nSPS) is 15.0. The van der Waals surface area contributed by atoms with Gasteiger partial charge in [-0.15, -0.1) is 0 Å². The van der Waals surface area contributed by atoms with Gasteiger partial charge in [0.25, 0.3) is 10.0 Å². The molecule has 3 aromatic carbocycles. The monoisotopic (exact) mass is 1330 g/mol. The summed E-state index contributed by atoms with van der Waals surface area (Å²) in [6.07, 6.45) is 4.99. The number of sulfonamides is 1. The van der Waals surface area contributed by atoms with Gasteiger partial charge in [0.05, 0.1) is 31.8 Å². The molecule has 11 rings (SSSR count). The Labute approximate surface area is 499 Å². The maximum atomic E-state index is 13.4. The van der Waals surface area contributed by atoms with Crippen LogP contribution in [0, 0.1) is 6.92 Å². The fraction of sp³-hybridized carbons (Fsp3) is 0.196. The number of H-pyrrole nitrogens is 1. The maximum absolute atomic E-state index is 13.4. The van der Waals surface area contributed by atoms with Crippen LogP contribution in [0.4, 0.5) is 17.5 Å². The molecule has 8 heterocycles. The van der Waals surface area contributed by atoms with Crippen molar-refractivity contribution in [1.82, 2.24) is 29.9 Å². The van der Waals surface area contributed by atoms with E-state index in [1.807, 2.05) is 150 Å². The number of fused-ring (bicyclic) bond motifs is 2. The molecule has 1 unspecified atom stereocenters. The zero-order chi connectivity index (χ0) is 55.8. The number of hydrogen-bond acceptors (Lipinski definition) is 11. The molecule has 0 spiro atoms. The van der Waals surface area contributed by atoms with E-state index >= 15 is 0 Å². The van der Waals surface area contributed by atoms with Crippen molar-refractivity contribution in [2.75, 3.05) is 21.5 Å². The molecular weight excluding hydrogens is 1290 g/mol. The van der Waals surface area contributed by atoms with E-state index in [1.54, 1.807) is 36.5 Å². The van der Waals surface area contributed by atoms with Crippen molar-refractivity contribution in [2.24, 2.45) is 0 Å². The van der Waals surface area contributed by atoms with Crippen LogP contribution in [0.15, 0.2) is 177 Å². The minimum Gasteiger partial charge on any atom is -0.403 e. The Hall–Kier alpha value is -5.12. The van der Waals surface area contributed by atoms with E-state index in [2.05, 4.69) is 83.3 Å². The number of aryl methyl sites for hydroxylation is 1. The molecule has 6 aromatic heterocycles. The number of benzene rings is 3. The molecule has 2 aliphatic heterocycles. The predicted molar refractivity (Wildman–Crippen MR) is 327 cm³/mol. The lowest BCUT2D eigenvalue weighted by atomic mass is 9.69. The van der Waals surface area contributed by atoms with Gasteiger partial charge in [0.15, 0.2) is 0 Å². The van der Waals surface area contributed by atoms with Crippen molar-refractivity contribution >= 4 is 140 Å². The van der Waals surface area contributed by atoms with Gasteiger partial charge in [-0.05, 0) is 178 Å². The summed E-state index contributed by atoms with van der Waals surface area (Å²) in [5.41, 5.74) is 5.60. The minimum absolute atomic E-state index is 0.176. The Morgan fingerprint density at radius 3 is 1.72 bits per heavy atom. The van der Waals surface area contributed by atoms with E-state index in [9.17, 15) is 8.42 Å². The van der Waals surface area contributed by atoms with Crippen LogP contribution < -0.4 is 14.9 Å². The van der Waals surface area contributed by atoms with Gasteiger partial charge in [0, 0.05) is 70.6 Å². The lowest BCUT2D eigenvalue weighted by Crippen LogP contribution is -2.41. The minimum atomic E-state index is -3.79. The number of aromatic amines is 1. The van der Waals surface area contributed by atoms with Gasteiger partial charge in [-0.25, -0.2) is 37.6 Å². The van der Waals surface area contributed by atoms with Gasteiger partial charge >= 0.3 is 7.12 Å². The number of nitrogens with one attached hydrogen (secondary N) is 3. The number of pyridine rings is 5. The molecule has 9 aromatic rings. The third-order valence-corrected chi connectivity index (χ3v) is 16.8. The van der Waals surface area contributed by atoms with E-state index in [0.29, 0.717) is 28.0 Å². The standard InChI is InChI=1S/C20H24BClN2O4S.C19H14Cl2N4.C12H10BrClN2.C5H3Br2N/c1-13-6-8-15(9-7-13)29(25,26)24-12-17(16-10-14(22)11-23-18(16)24)21-27-19(2,3)20(4,5)28-21;20-13-6-4-12(5-7-13)9-22-18-3-1-2-17(25-18)16-11-24-19-15(16)8-14(21)10-23-19;13-11-2-1-3-12(16-11)15-8-9-4-6-10(14)7-5-9;6-4-2-1-3-5(7)8-4/h6-11,17H,12H2,1-5H3;1-8,10-11H,9H2,(H,22,25)(H,23,24);1-7H,8H2,(H,15,16);1-3H. The van der Waals surface area contributed by atoms with Crippen LogP contribution in [-0.4, -0.2) is 63.2 Å². The van der Waals surface area contributed by atoms with Crippen molar-refractivity contribution in [2.45, 2.75) is 69.6 Å². The molecule has 1 fully saturated rings. The number of hydrogen-bond donors (Lipinski definition) is 3. The van der Waals surface area contributed by atoms with Gasteiger partial charge in [-0.2, -0.15) is 0 Å². The third-order valence-electron chi connectivity index (χ3n) is 12.8. The smallest absolute Gasteiger partial charge is 0.403 e. The summed E-state index contributed by atoms with van der Waals surface area (Å²) in [6, 6.07) is 43.3. The molecule has 402 valence electrons. The van der Waals surface area contributed by atoms with Crippen molar-refractivity contribution in [3.05, 3.63) is 214 Å². The highest BCUT2D eigenvalue weighted by atomic mass is 79.9. The second kappa shape index (κ2) is 26.0. The molecule has 0 radical (unpaired) electrons. The second-order valence-corrected chi connectivity index (χ2v) is 24.9.